The number of alkyl carbamates (subject to hydrolysis) is 2. The van der Waals surface area contributed by atoms with E-state index >= 15 is 0 Å². The van der Waals surface area contributed by atoms with Crippen molar-refractivity contribution in [3.63, 3.8) is 0 Å². The molecule has 5 amide bonds. The van der Waals surface area contributed by atoms with Gasteiger partial charge in [0.05, 0.1) is 18.4 Å². The maximum atomic E-state index is 14.5. The van der Waals surface area contributed by atoms with Crippen LogP contribution in [0.15, 0.2) is 126 Å². The number of nitrogens with two attached hydrogens (primary N) is 1. The number of rotatable bonds is 32. The lowest BCUT2D eigenvalue weighted by atomic mass is 9.89. The number of amides is 5. The molecular weight excluding hydrogens is 999 g/mol. The van der Waals surface area contributed by atoms with Crippen molar-refractivity contribution < 1.29 is 62.7 Å². The lowest BCUT2D eigenvalue weighted by molar-refractivity contribution is -0.525. The van der Waals surface area contributed by atoms with Crippen LogP contribution in [0.2, 0.25) is 0 Å². The molecule has 0 spiro atoms. The number of aliphatic carboxylic acids is 1. The largest absolute Gasteiger partial charge is 0.481 e. The van der Waals surface area contributed by atoms with Gasteiger partial charge < -0.3 is 51.6 Å². The molecule has 2 unspecified atom stereocenters. The second-order valence-corrected chi connectivity index (χ2v) is 18.1. The van der Waals surface area contributed by atoms with E-state index in [9.17, 15) is 53.6 Å². The van der Waals surface area contributed by atoms with E-state index in [2.05, 4.69) is 31.6 Å². The summed E-state index contributed by atoms with van der Waals surface area (Å²) in [6, 6.07) is 29.1. The van der Waals surface area contributed by atoms with Gasteiger partial charge in [0.15, 0.2) is 10.8 Å². The van der Waals surface area contributed by atoms with E-state index < -0.39 is 107 Å². The lowest BCUT2D eigenvalue weighted by Gasteiger charge is -2.27. The van der Waals surface area contributed by atoms with Crippen molar-refractivity contribution in [1.82, 2.24) is 32.0 Å². The molecule has 0 saturated heterocycles. The Bertz CT molecular complexity index is 2580. The minimum atomic E-state index is -1.72. The van der Waals surface area contributed by atoms with E-state index in [1.807, 2.05) is 6.07 Å². The summed E-state index contributed by atoms with van der Waals surface area (Å²) in [5, 5.41) is 32.9. The van der Waals surface area contributed by atoms with Crippen LogP contribution in [-0.2, 0) is 69.2 Å². The first-order valence-corrected chi connectivity index (χ1v) is 25.0. The molecule has 0 radical (unpaired) electrons. The Morgan fingerprint density at radius 3 is 1.58 bits per heavy atom. The summed E-state index contributed by atoms with van der Waals surface area (Å²) in [7, 11) is 0. The van der Waals surface area contributed by atoms with Gasteiger partial charge >= 0.3 is 24.1 Å². The number of ether oxygens (including phenoxy) is 3. The first-order valence-electron chi connectivity index (χ1n) is 25.0. The van der Waals surface area contributed by atoms with Crippen LogP contribution in [0.1, 0.15) is 81.0 Å². The number of nitro groups is 1. The molecule has 23 nitrogen and oxygen atoms in total. The number of unbranched alkanes of at least 4 members (excludes halogenated alkanes) is 1. The molecule has 0 aromatic heterocycles. The van der Waals surface area contributed by atoms with Crippen molar-refractivity contribution >= 4 is 53.6 Å². The minimum Gasteiger partial charge on any atom is -0.481 e. The van der Waals surface area contributed by atoms with E-state index in [1.165, 1.54) is 0 Å². The Kier molecular flexibility index (Phi) is 26.1. The SMILES string of the molecule is CC(C)C(NC(=O)[C@H](CC(=O)OCc1ccccc1)NC(=O)[C@H](CCCCNC(=O)OCc1ccccc1)NC(=O)[C@H](CCCN=C(N)N[N+](=O)[O-])NC(=O)OCc1ccccc1)C(=O)CC(Cc1ccccc1)C(=O)O. The van der Waals surface area contributed by atoms with Crippen LogP contribution in [0, 0.1) is 22.0 Å². The zero-order chi connectivity index (χ0) is 56.0. The Balaban J connectivity index is 1.59. The Morgan fingerprint density at radius 1 is 0.597 bits per heavy atom. The van der Waals surface area contributed by atoms with Crippen LogP contribution >= 0.6 is 0 Å². The standard InChI is InChI=1S/C54H67N9O14/c1-36(2)47(45(64)31-41(51(69)70)30-37-18-7-3-8-19-37)61-50(68)44(32-46(65)75-33-38-20-9-4-10-21-38)59-48(66)42(26-15-16-28-57-53(71)76-34-39-22-11-5-12-23-39)58-49(67)43(27-17-29-56-52(55)62-63(73)74)60-54(72)77-35-40-24-13-6-14-25-40/h3-14,18-25,36,41-44,47H,15-17,26-35H2,1-2H3,(H,57,71)(H,58,67)(H,59,66)(H,60,72)(H,61,68)(H,69,70)(H3,55,56,62)/t41?,42-,43-,44-,47?/m0/s1. The summed E-state index contributed by atoms with van der Waals surface area (Å²) in [5.74, 6) is -7.87. The monoisotopic (exact) mass is 1070 g/mol. The molecule has 5 atom stereocenters. The van der Waals surface area contributed by atoms with Gasteiger partial charge in [-0.05, 0) is 66.7 Å². The number of carbonyl (C=O) groups excluding carboxylic acids is 7. The first kappa shape index (κ1) is 60.7. The maximum Gasteiger partial charge on any atom is 0.408 e. The smallest absolute Gasteiger partial charge is 0.408 e. The highest BCUT2D eigenvalue weighted by atomic mass is 16.7. The summed E-state index contributed by atoms with van der Waals surface area (Å²) < 4.78 is 16.1. The molecule has 4 rings (SSSR count). The van der Waals surface area contributed by atoms with Gasteiger partial charge in [0, 0.05) is 19.5 Å². The van der Waals surface area contributed by atoms with E-state index in [0.717, 1.165) is 5.56 Å². The molecular formula is C54H67N9O14. The third kappa shape index (κ3) is 23.9. The van der Waals surface area contributed by atoms with Gasteiger partial charge in [-0.25, -0.2) is 24.7 Å². The fourth-order valence-corrected chi connectivity index (χ4v) is 7.61. The molecule has 412 valence electrons. The van der Waals surface area contributed by atoms with Crippen molar-refractivity contribution in [1.29, 1.82) is 0 Å². The Hall–Kier alpha value is -8.89. The van der Waals surface area contributed by atoms with Gasteiger partial charge in [0.2, 0.25) is 17.7 Å². The topological polar surface area (TPSA) is 338 Å². The normalized spacial score (nSPS) is 13.0. The number of benzene rings is 4. The number of ketones is 1. The number of guanidine groups is 1. The number of esters is 1. The van der Waals surface area contributed by atoms with Crippen molar-refractivity contribution in [3.8, 4) is 0 Å². The second kappa shape index (κ2) is 33.1. The number of carboxylic acids is 1. The summed E-state index contributed by atoms with van der Waals surface area (Å²) >= 11 is 0. The van der Waals surface area contributed by atoms with Gasteiger partial charge in [-0.1, -0.05) is 141 Å². The molecule has 0 fully saturated rings. The molecule has 0 heterocycles. The number of Topliss-reactive ketones (excluding diaryl/α,β-unsaturated/α-hetero) is 1. The Morgan fingerprint density at radius 2 is 1.06 bits per heavy atom. The van der Waals surface area contributed by atoms with Crippen LogP contribution in [0.5, 0.6) is 0 Å². The molecule has 0 aliphatic rings. The number of hydrogen-bond acceptors (Lipinski definition) is 14. The number of hydrazine groups is 1. The molecule has 4 aromatic rings. The molecule has 0 bridgehead atoms. The average molecular weight is 1070 g/mol. The maximum absolute atomic E-state index is 14.5. The van der Waals surface area contributed by atoms with Crippen molar-refractivity contribution in [3.05, 3.63) is 154 Å². The number of carboxylic acid groups (broad SMARTS) is 1. The highest BCUT2D eigenvalue weighted by molar-refractivity contribution is 5.97. The van der Waals surface area contributed by atoms with E-state index in [-0.39, 0.29) is 71.4 Å². The van der Waals surface area contributed by atoms with Crippen LogP contribution in [0.3, 0.4) is 0 Å². The quantitative estimate of drug-likeness (QED) is 0.00639. The number of hydrogen-bond donors (Lipinski definition) is 8. The van der Waals surface area contributed by atoms with Crippen LogP contribution < -0.4 is 37.7 Å². The second-order valence-electron chi connectivity index (χ2n) is 18.1. The third-order valence-electron chi connectivity index (χ3n) is 11.7. The fraction of sp³-hybridized carbons (Fsp3) is 0.389. The van der Waals surface area contributed by atoms with E-state index in [4.69, 9.17) is 19.9 Å². The fourth-order valence-electron chi connectivity index (χ4n) is 7.61. The highest BCUT2D eigenvalue weighted by Crippen LogP contribution is 2.18. The number of aliphatic imine (C=N–C) groups is 1. The molecule has 77 heavy (non-hydrogen) atoms. The van der Waals surface area contributed by atoms with Gasteiger partial charge in [-0.2, -0.15) is 0 Å². The van der Waals surface area contributed by atoms with Gasteiger partial charge in [-0.3, -0.25) is 28.8 Å². The lowest BCUT2D eigenvalue weighted by Crippen LogP contribution is -2.58. The zero-order valence-electron chi connectivity index (χ0n) is 42.9. The number of nitrogens with one attached hydrogen (secondary N) is 6. The molecule has 0 saturated carbocycles. The first-order chi connectivity index (χ1) is 37.0. The number of nitrogens with zero attached hydrogens (tertiary/aromatic N) is 2. The van der Waals surface area contributed by atoms with Gasteiger partial charge in [0.25, 0.3) is 5.96 Å². The predicted octanol–water partition coefficient (Wildman–Crippen LogP) is 4.40. The third-order valence-corrected chi connectivity index (χ3v) is 11.7. The van der Waals surface area contributed by atoms with Crippen LogP contribution in [-0.4, -0.2) is 101 Å². The van der Waals surface area contributed by atoms with Crippen molar-refractivity contribution in [2.75, 3.05) is 13.1 Å². The highest BCUT2D eigenvalue weighted by Gasteiger charge is 2.35. The molecule has 23 heteroatoms. The Labute approximate surface area is 445 Å². The van der Waals surface area contributed by atoms with Crippen LogP contribution in [0.4, 0.5) is 9.59 Å². The molecule has 9 N–H and O–H groups in total. The number of carbonyl (C=O) groups is 8. The average Bonchev–Trinajstić information content (AvgIpc) is 3.41. The summed E-state index contributed by atoms with van der Waals surface area (Å²) in [4.78, 5) is 123. The molecule has 0 aliphatic heterocycles. The molecule has 0 aliphatic carbocycles. The van der Waals surface area contributed by atoms with Gasteiger partial charge in [-0.15, -0.1) is 0 Å². The van der Waals surface area contributed by atoms with E-state index in [0.29, 0.717) is 16.7 Å². The minimum absolute atomic E-state index is 0.0171. The summed E-state index contributed by atoms with van der Waals surface area (Å²) in [6.07, 6.45) is -2.72. The zero-order valence-corrected chi connectivity index (χ0v) is 42.9. The summed E-state index contributed by atoms with van der Waals surface area (Å²) in [5.41, 5.74) is 9.97. The van der Waals surface area contributed by atoms with Crippen LogP contribution in [0.25, 0.3) is 0 Å². The predicted molar refractivity (Wildman–Crippen MR) is 280 cm³/mol. The molecule has 4 aromatic carbocycles. The summed E-state index contributed by atoms with van der Waals surface area (Å²) in [6.45, 7) is 2.88. The van der Waals surface area contributed by atoms with E-state index in [1.54, 1.807) is 135 Å². The van der Waals surface area contributed by atoms with Gasteiger partial charge in [0.1, 0.15) is 37.9 Å². The van der Waals surface area contributed by atoms with Crippen molar-refractivity contribution in [2.45, 2.75) is 109 Å². The van der Waals surface area contributed by atoms with Crippen molar-refractivity contribution in [2.24, 2.45) is 22.6 Å².